The minimum Gasteiger partial charge on any atom is -0.379 e. The van der Waals surface area contributed by atoms with Crippen LogP contribution in [0, 0.1) is 0 Å². The van der Waals surface area contributed by atoms with E-state index < -0.39 is 0 Å². The van der Waals surface area contributed by atoms with Crippen LogP contribution in [-0.4, -0.2) is 51.6 Å². The highest BCUT2D eigenvalue weighted by Crippen LogP contribution is 2.14. The smallest absolute Gasteiger partial charge is 0.0593 e. The summed E-state index contributed by atoms with van der Waals surface area (Å²) in [5.74, 6) is 0. The van der Waals surface area contributed by atoms with Gasteiger partial charge in [-0.15, -0.1) is 11.8 Å². The predicted molar refractivity (Wildman–Crippen MR) is 79.3 cm³/mol. The highest BCUT2D eigenvalue weighted by Gasteiger charge is 1.94. The van der Waals surface area contributed by atoms with Crippen LogP contribution in [0.2, 0.25) is 0 Å². The minimum atomic E-state index is 0.775. The van der Waals surface area contributed by atoms with Crippen molar-refractivity contribution < 1.29 is 4.74 Å². The fourth-order valence-electron chi connectivity index (χ4n) is 1.47. The minimum absolute atomic E-state index is 0.775. The van der Waals surface area contributed by atoms with Crippen molar-refractivity contribution in [2.75, 3.05) is 46.7 Å². The zero-order chi connectivity index (χ0) is 13.2. The summed E-state index contributed by atoms with van der Waals surface area (Å²) in [5, 5.41) is 3.38. The maximum atomic E-state index is 5.51. The molecule has 0 aliphatic rings. The van der Waals surface area contributed by atoms with Gasteiger partial charge in [0.2, 0.25) is 0 Å². The van der Waals surface area contributed by atoms with Gasteiger partial charge < -0.3 is 15.0 Å². The number of benzene rings is 1. The maximum absolute atomic E-state index is 5.51. The summed E-state index contributed by atoms with van der Waals surface area (Å²) in [6.45, 7) is 4.37. The zero-order valence-electron chi connectivity index (χ0n) is 11.6. The topological polar surface area (TPSA) is 24.5 Å². The fourth-order valence-corrected chi connectivity index (χ4v) is 1.88. The second-order valence-electron chi connectivity index (χ2n) is 4.44. The molecule has 102 valence electrons. The molecule has 0 fully saturated rings. The number of ether oxygens (including phenoxy) is 1. The average Bonchev–Trinajstić information content (AvgIpc) is 2.38. The van der Waals surface area contributed by atoms with Crippen LogP contribution in [0.5, 0.6) is 0 Å². The van der Waals surface area contributed by atoms with Crippen LogP contribution in [0.3, 0.4) is 0 Å². The van der Waals surface area contributed by atoms with Gasteiger partial charge in [-0.25, -0.2) is 0 Å². The molecular weight excluding hydrogens is 244 g/mol. The first-order valence-electron chi connectivity index (χ1n) is 6.28. The van der Waals surface area contributed by atoms with Gasteiger partial charge in [0, 0.05) is 24.5 Å². The Labute approximate surface area is 115 Å². The Balaban J connectivity index is 2.03. The molecule has 0 atom stereocenters. The molecule has 1 rings (SSSR count). The quantitative estimate of drug-likeness (QED) is 0.547. The second kappa shape index (κ2) is 9.39. The number of nitrogens with one attached hydrogen (secondary N) is 1. The lowest BCUT2D eigenvalue weighted by Gasteiger charge is -2.10. The molecule has 1 aromatic rings. The molecular formula is C14H24N2OS. The third-order valence-corrected chi connectivity index (χ3v) is 3.34. The van der Waals surface area contributed by atoms with Gasteiger partial charge in [0.05, 0.1) is 13.2 Å². The Hall–Kier alpha value is -0.550. The molecule has 0 bridgehead atoms. The molecule has 0 radical (unpaired) electrons. The van der Waals surface area contributed by atoms with Crippen molar-refractivity contribution in [2.45, 2.75) is 11.4 Å². The van der Waals surface area contributed by atoms with Crippen molar-refractivity contribution in [2.24, 2.45) is 0 Å². The molecule has 0 saturated heterocycles. The number of nitrogens with zero attached hydrogens (tertiary/aromatic N) is 1. The van der Waals surface area contributed by atoms with Crippen molar-refractivity contribution in [1.82, 2.24) is 10.2 Å². The summed E-state index contributed by atoms with van der Waals surface area (Å²) < 4.78 is 5.51. The van der Waals surface area contributed by atoms with Crippen molar-refractivity contribution in [3.8, 4) is 0 Å². The molecule has 0 amide bonds. The normalized spacial score (nSPS) is 11.1. The van der Waals surface area contributed by atoms with E-state index in [1.807, 2.05) is 0 Å². The molecule has 0 unspecified atom stereocenters. The number of likely N-dealkylation sites (N-methyl/N-ethyl adjacent to an activating group) is 1. The van der Waals surface area contributed by atoms with Crippen LogP contribution >= 0.6 is 11.8 Å². The number of hydrogen-bond donors (Lipinski definition) is 1. The lowest BCUT2D eigenvalue weighted by molar-refractivity contribution is 0.119. The van der Waals surface area contributed by atoms with Gasteiger partial charge >= 0.3 is 0 Å². The Morgan fingerprint density at radius 3 is 2.50 bits per heavy atom. The maximum Gasteiger partial charge on any atom is 0.0593 e. The Morgan fingerprint density at radius 1 is 1.17 bits per heavy atom. The van der Waals surface area contributed by atoms with Gasteiger partial charge in [0.25, 0.3) is 0 Å². The lowest BCUT2D eigenvalue weighted by atomic mass is 10.2. The molecule has 1 aromatic carbocycles. The average molecular weight is 268 g/mol. The Morgan fingerprint density at radius 2 is 1.89 bits per heavy atom. The van der Waals surface area contributed by atoms with E-state index in [4.69, 9.17) is 4.74 Å². The highest BCUT2D eigenvalue weighted by atomic mass is 32.2. The van der Waals surface area contributed by atoms with Crippen molar-refractivity contribution in [3.63, 3.8) is 0 Å². The van der Waals surface area contributed by atoms with Crippen LogP contribution in [0.15, 0.2) is 29.2 Å². The summed E-state index contributed by atoms with van der Waals surface area (Å²) in [5.41, 5.74) is 1.32. The predicted octanol–water partition coefficient (Wildman–Crippen LogP) is 2.08. The molecule has 3 nitrogen and oxygen atoms in total. The first kappa shape index (κ1) is 15.5. The SMILES string of the molecule is CSc1ccc(CNCCOCCN(C)C)cc1. The molecule has 0 aromatic heterocycles. The lowest BCUT2D eigenvalue weighted by Crippen LogP contribution is -2.23. The van der Waals surface area contributed by atoms with E-state index in [0.717, 1.165) is 32.8 Å². The fraction of sp³-hybridized carbons (Fsp3) is 0.571. The third-order valence-electron chi connectivity index (χ3n) is 2.59. The van der Waals surface area contributed by atoms with Crippen LogP contribution in [0.4, 0.5) is 0 Å². The van der Waals surface area contributed by atoms with E-state index >= 15 is 0 Å². The summed E-state index contributed by atoms with van der Waals surface area (Å²) in [7, 11) is 4.11. The van der Waals surface area contributed by atoms with Crippen molar-refractivity contribution in [1.29, 1.82) is 0 Å². The summed E-state index contributed by atoms with van der Waals surface area (Å²) >= 11 is 1.77. The van der Waals surface area contributed by atoms with Gasteiger partial charge in [0.15, 0.2) is 0 Å². The second-order valence-corrected chi connectivity index (χ2v) is 5.32. The standard InChI is InChI=1S/C14H24N2OS/c1-16(2)9-11-17-10-8-15-12-13-4-6-14(18-3)7-5-13/h4-7,15H,8-12H2,1-3H3. The van der Waals surface area contributed by atoms with Crippen LogP contribution in [0.1, 0.15) is 5.56 Å². The molecule has 4 heteroatoms. The van der Waals surface area contributed by atoms with E-state index in [9.17, 15) is 0 Å². The van der Waals surface area contributed by atoms with E-state index in [1.165, 1.54) is 10.5 Å². The van der Waals surface area contributed by atoms with Gasteiger partial charge in [-0.3, -0.25) is 0 Å². The summed E-state index contributed by atoms with van der Waals surface area (Å²) in [4.78, 5) is 3.44. The monoisotopic (exact) mass is 268 g/mol. The molecule has 0 aliphatic heterocycles. The van der Waals surface area contributed by atoms with Crippen LogP contribution in [0.25, 0.3) is 0 Å². The number of thioether (sulfide) groups is 1. The van der Waals surface area contributed by atoms with Gasteiger partial charge in [-0.1, -0.05) is 12.1 Å². The van der Waals surface area contributed by atoms with Gasteiger partial charge in [-0.2, -0.15) is 0 Å². The third kappa shape index (κ3) is 7.01. The molecule has 0 spiro atoms. The molecule has 0 heterocycles. The van der Waals surface area contributed by atoms with Crippen LogP contribution in [-0.2, 0) is 11.3 Å². The Kier molecular flexibility index (Phi) is 8.09. The van der Waals surface area contributed by atoms with E-state index in [2.05, 4.69) is 54.8 Å². The van der Waals surface area contributed by atoms with E-state index in [0.29, 0.717) is 0 Å². The molecule has 0 aliphatic carbocycles. The van der Waals surface area contributed by atoms with E-state index in [1.54, 1.807) is 11.8 Å². The largest absolute Gasteiger partial charge is 0.379 e. The number of hydrogen-bond acceptors (Lipinski definition) is 4. The van der Waals surface area contributed by atoms with Gasteiger partial charge in [-0.05, 0) is 38.0 Å². The Bertz CT molecular complexity index is 314. The number of rotatable bonds is 9. The first-order chi connectivity index (χ1) is 8.72. The summed E-state index contributed by atoms with van der Waals surface area (Å²) in [6.07, 6.45) is 2.10. The highest BCUT2D eigenvalue weighted by molar-refractivity contribution is 7.98. The first-order valence-corrected chi connectivity index (χ1v) is 7.51. The van der Waals surface area contributed by atoms with Crippen LogP contribution < -0.4 is 5.32 Å². The van der Waals surface area contributed by atoms with E-state index in [-0.39, 0.29) is 0 Å². The summed E-state index contributed by atoms with van der Waals surface area (Å²) in [6, 6.07) is 8.67. The molecule has 18 heavy (non-hydrogen) atoms. The molecule has 1 N–H and O–H groups in total. The van der Waals surface area contributed by atoms with Gasteiger partial charge in [0.1, 0.15) is 0 Å². The van der Waals surface area contributed by atoms with Crippen molar-refractivity contribution >= 4 is 11.8 Å². The van der Waals surface area contributed by atoms with Crippen molar-refractivity contribution in [3.05, 3.63) is 29.8 Å². The zero-order valence-corrected chi connectivity index (χ0v) is 12.4. The molecule has 0 saturated carbocycles.